The number of benzene rings is 1. The molecule has 2 aromatic rings. The zero-order valence-electron chi connectivity index (χ0n) is 17.8. The number of likely N-dealkylation sites (N-methyl/N-ethyl adjacent to an activating group) is 1. The van der Waals surface area contributed by atoms with Gasteiger partial charge in [0, 0.05) is 19.5 Å². The van der Waals surface area contributed by atoms with Crippen LogP contribution in [-0.2, 0) is 22.7 Å². The molecule has 1 N–H and O–H groups in total. The molecule has 0 radical (unpaired) electrons. The number of hydrogen-bond donors (Lipinski definition) is 1. The third-order valence-corrected chi connectivity index (χ3v) is 5.41. The first-order chi connectivity index (χ1) is 14.5. The highest BCUT2D eigenvalue weighted by Gasteiger charge is 2.26. The zero-order chi connectivity index (χ0) is 21.3. The lowest BCUT2D eigenvalue weighted by molar-refractivity contribution is -0.132. The number of ether oxygens (including phenoxy) is 1. The van der Waals surface area contributed by atoms with E-state index >= 15 is 0 Å². The average Bonchev–Trinajstić information content (AvgIpc) is 3.28. The van der Waals surface area contributed by atoms with Crippen molar-refractivity contribution in [1.29, 1.82) is 0 Å². The second kappa shape index (κ2) is 10.8. The van der Waals surface area contributed by atoms with Gasteiger partial charge < -0.3 is 19.4 Å². The molecule has 1 aliphatic heterocycles. The summed E-state index contributed by atoms with van der Waals surface area (Å²) in [4.78, 5) is 28.8. The van der Waals surface area contributed by atoms with Gasteiger partial charge in [0.2, 0.25) is 11.8 Å². The van der Waals surface area contributed by atoms with Crippen LogP contribution in [0, 0.1) is 5.92 Å². The van der Waals surface area contributed by atoms with Crippen molar-refractivity contribution in [2.24, 2.45) is 5.92 Å². The SMILES string of the molecule is CCOc1ccc(CN(C)C(=O)CN2CCC(C(=O)NCc3ccco3)CC2)cc1. The van der Waals surface area contributed by atoms with Gasteiger partial charge in [0.1, 0.15) is 11.5 Å². The number of likely N-dealkylation sites (tertiary alicyclic amines) is 1. The largest absolute Gasteiger partial charge is 0.494 e. The molecule has 162 valence electrons. The van der Waals surface area contributed by atoms with E-state index in [9.17, 15) is 9.59 Å². The average molecular weight is 414 g/mol. The highest BCUT2D eigenvalue weighted by molar-refractivity contribution is 5.79. The van der Waals surface area contributed by atoms with Crippen molar-refractivity contribution < 1.29 is 18.7 Å². The van der Waals surface area contributed by atoms with Crippen molar-refractivity contribution in [2.45, 2.75) is 32.9 Å². The first-order valence-corrected chi connectivity index (χ1v) is 10.5. The molecule has 30 heavy (non-hydrogen) atoms. The summed E-state index contributed by atoms with van der Waals surface area (Å²) in [5.41, 5.74) is 1.07. The molecular formula is C23H31N3O4. The second-order valence-electron chi connectivity index (χ2n) is 7.67. The van der Waals surface area contributed by atoms with Gasteiger partial charge in [0.15, 0.2) is 0 Å². The third-order valence-electron chi connectivity index (χ3n) is 5.41. The minimum Gasteiger partial charge on any atom is -0.494 e. The number of carbonyl (C=O) groups is 2. The molecule has 0 atom stereocenters. The Kier molecular flexibility index (Phi) is 7.90. The summed E-state index contributed by atoms with van der Waals surface area (Å²) in [5.74, 6) is 1.73. The van der Waals surface area contributed by atoms with Gasteiger partial charge in [-0.3, -0.25) is 14.5 Å². The van der Waals surface area contributed by atoms with Crippen LogP contribution < -0.4 is 10.1 Å². The van der Waals surface area contributed by atoms with Crippen molar-refractivity contribution in [3.05, 3.63) is 54.0 Å². The topological polar surface area (TPSA) is 75.0 Å². The van der Waals surface area contributed by atoms with E-state index in [1.807, 2.05) is 50.4 Å². The van der Waals surface area contributed by atoms with Gasteiger partial charge >= 0.3 is 0 Å². The van der Waals surface area contributed by atoms with E-state index in [4.69, 9.17) is 9.15 Å². The van der Waals surface area contributed by atoms with Gasteiger partial charge in [-0.15, -0.1) is 0 Å². The Morgan fingerprint density at radius 1 is 1.20 bits per heavy atom. The molecule has 0 bridgehead atoms. The molecule has 3 rings (SSSR count). The number of furan rings is 1. The zero-order valence-corrected chi connectivity index (χ0v) is 17.8. The molecule has 0 saturated carbocycles. The van der Waals surface area contributed by atoms with Crippen LogP contribution >= 0.6 is 0 Å². The molecule has 1 saturated heterocycles. The maximum absolute atomic E-state index is 12.6. The van der Waals surface area contributed by atoms with Crippen LogP contribution in [0.5, 0.6) is 5.75 Å². The molecule has 7 heteroatoms. The van der Waals surface area contributed by atoms with E-state index in [0.717, 1.165) is 43.0 Å². The van der Waals surface area contributed by atoms with Crippen LogP contribution in [0.2, 0.25) is 0 Å². The van der Waals surface area contributed by atoms with Crippen molar-refractivity contribution in [2.75, 3.05) is 33.3 Å². The smallest absolute Gasteiger partial charge is 0.236 e. The Morgan fingerprint density at radius 3 is 2.57 bits per heavy atom. The second-order valence-corrected chi connectivity index (χ2v) is 7.67. The van der Waals surface area contributed by atoms with Gasteiger partial charge in [0.25, 0.3) is 0 Å². The summed E-state index contributed by atoms with van der Waals surface area (Å²) in [5, 5.41) is 2.93. The Bertz CT molecular complexity index is 796. The van der Waals surface area contributed by atoms with E-state index in [-0.39, 0.29) is 17.7 Å². The van der Waals surface area contributed by atoms with Gasteiger partial charge in [-0.25, -0.2) is 0 Å². The minimum absolute atomic E-state index is 0.00658. The first kappa shape index (κ1) is 21.9. The highest BCUT2D eigenvalue weighted by atomic mass is 16.5. The van der Waals surface area contributed by atoms with Crippen LogP contribution in [0.3, 0.4) is 0 Å². The van der Waals surface area contributed by atoms with E-state index < -0.39 is 0 Å². The van der Waals surface area contributed by atoms with Gasteiger partial charge in [0.05, 0.1) is 26.0 Å². The summed E-state index contributed by atoms with van der Waals surface area (Å²) in [6, 6.07) is 11.5. The minimum atomic E-state index is -0.00658. The summed E-state index contributed by atoms with van der Waals surface area (Å²) in [6.45, 7) is 5.46. The van der Waals surface area contributed by atoms with Gasteiger partial charge in [-0.2, -0.15) is 0 Å². The van der Waals surface area contributed by atoms with Crippen molar-refractivity contribution >= 4 is 11.8 Å². The molecule has 1 aliphatic rings. The number of amides is 2. The predicted octanol–water partition coefficient (Wildman–Crippen LogP) is 2.67. The number of nitrogens with zero attached hydrogens (tertiary/aromatic N) is 2. The van der Waals surface area contributed by atoms with Crippen molar-refractivity contribution in [1.82, 2.24) is 15.1 Å². The standard InChI is InChI=1S/C23H31N3O4/c1-3-29-20-8-6-18(7-9-20)16-25(2)22(27)17-26-12-10-19(11-13-26)23(28)24-15-21-5-4-14-30-21/h4-9,14,19H,3,10-13,15-17H2,1-2H3,(H,24,28). The first-order valence-electron chi connectivity index (χ1n) is 10.5. The van der Waals surface area contributed by atoms with E-state index in [2.05, 4.69) is 10.2 Å². The van der Waals surface area contributed by atoms with E-state index in [1.165, 1.54) is 0 Å². The highest BCUT2D eigenvalue weighted by Crippen LogP contribution is 2.18. The fourth-order valence-corrected chi connectivity index (χ4v) is 3.62. The third kappa shape index (κ3) is 6.35. The Labute approximate surface area is 178 Å². The molecule has 7 nitrogen and oxygen atoms in total. The Hall–Kier alpha value is -2.80. The fourth-order valence-electron chi connectivity index (χ4n) is 3.62. The van der Waals surface area contributed by atoms with Crippen LogP contribution in [-0.4, -0.2) is 54.9 Å². The Morgan fingerprint density at radius 2 is 1.93 bits per heavy atom. The molecule has 2 amide bonds. The number of hydrogen-bond acceptors (Lipinski definition) is 5. The van der Waals surface area contributed by atoms with E-state index in [1.54, 1.807) is 11.2 Å². The summed E-state index contributed by atoms with van der Waals surface area (Å²) in [7, 11) is 1.83. The molecular weight excluding hydrogens is 382 g/mol. The van der Waals surface area contributed by atoms with Crippen LogP contribution in [0.4, 0.5) is 0 Å². The van der Waals surface area contributed by atoms with Crippen LogP contribution in [0.1, 0.15) is 31.1 Å². The fraction of sp³-hybridized carbons (Fsp3) is 0.478. The Balaban J connectivity index is 1.38. The number of nitrogens with one attached hydrogen (secondary N) is 1. The quantitative estimate of drug-likeness (QED) is 0.684. The molecule has 0 spiro atoms. The lowest BCUT2D eigenvalue weighted by Gasteiger charge is -2.31. The van der Waals surface area contributed by atoms with Crippen LogP contribution in [0.25, 0.3) is 0 Å². The van der Waals surface area contributed by atoms with Crippen LogP contribution in [0.15, 0.2) is 47.1 Å². The monoisotopic (exact) mass is 413 g/mol. The normalized spacial score (nSPS) is 15.0. The summed E-state index contributed by atoms with van der Waals surface area (Å²) in [6.07, 6.45) is 3.13. The number of carbonyl (C=O) groups excluding carboxylic acids is 2. The summed E-state index contributed by atoms with van der Waals surface area (Å²) < 4.78 is 10.7. The number of rotatable bonds is 9. The van der Waals surface area contributed by atoms with Crippen molar-refractivity contribution in [3.63, 3.8) is 0 Å². The maximum Gasteiger partial charge on any atom is 0.236 e. The molecule has 1 aromatic heterocycles. The molecule has 1 fully saturated rings. The lowest BCUT2D eigenvalue weighted by atomic mass is 9.96. The molecule has 0 unspecified atom stereocenters. The maximum atomic E-state index is 12.6. The molecule has 1 aromatic carbocycles. The van der Waals surface area contributed by atoms with Gasteiger partial charge in [-0.05, 0) is 62.7 Å². The molecule has 0 aliphatic carbocycles. The number of piperidine rings is 1. The molecule has 2 heterocycles. The van der Waals surface area contributed by atoms with E-state index in [0.29, 0.717) is 26.2 Å². The predicted molar refractivity (Wildman–Crippen MR) is 114 cm³/mol. The van der Waals surface area contributed by atoms with Gasteiger partial charge in [-0.1, -0.05) is 12.1 Å². The van der Waals surface area contributed by atoms with Crippen molar-refractivity contribution in [3.8, 4) is 5.75 Å². The summed E-state index contributed by atoms with van der Waals surface area (Å²) >= 11 is 0. The lowest BCUT2D eigenvalue weighted by Crippen LogP contribution is -2.44.